The van der Waals surface area contributed by atoms with Crippen LogP contribution in [0.2, 0.25) is 5.02 Å². The van der Waals surface area contributed by atoms with Crippen molar-refractivity contribution in [2.45, 2.75) is 13.5 Å². The minimum absolute atomic E-state index is 0.0636. The fourth-order valence-electron chi connectivity index (χ4n) is 3.64. The van der Waals surface area contributed by atoms with E-state index in [4.69, 9.17) is 16.0 Å². The highest BCUT2D eigenvalue weighted by Gasteiger charge is 2.34. The molecule has 0 unspecified atom stereocenters. The molecular formula is C24H21BrClN3O4. The van der Waals surface area contributed by atoms with Gasteiger partial charge in [0.05, 0.1) is 12.8 Å². The molecule has 33 heavy (non-hydrogen) atoms. The molecule has 9 heteroatoms. The molecule has 0 N–H and O–H groups in total. The third kappa shape index (κ3) is 5.12. The largest absolute Gasteiger partial charge is 0.467 e. The maximum Gasteiger partial charge on any atom is 0.254 e. The SMILES string of the molecule is Cc1c(Cl)cccc1N1CN(C(=O)CN(Cc2ccco2)C(=O)c2ccc(Br)cc2)CC1=O. The molecule has 1 aromatic heterocycles. The number of halogens is 2. The average molecular weight is 531 g/mol. The molecule has 2 heterocycles. The molecule has 0 bridgehead atoms. The fraction of sp³-hybridized carbons (Fsp3) is 0.208. The topological polar surface area (TPSA) is 74.1 Å². The second-order valence-electron chi connectivity index (χ2n) is 7.69. The summed E-state index contributed by atoms with van der Waals surface area (Å²) in [7, 11) is 0. The Balaban J connectivity index is 1.51. The molecule has 0 atom stereocenters. The molecular weight excluding hydrogens is 510 g/mol. The number of anilines is 1. The number of carbonyl (C=O) groups excluding carboxylic acids is 3. The van der Waals surface area contributed by atoms with Crippen LogP contribution in [0.3, 0.4) is 0 Å². The molecule has 1 aliphatic rings. The summed E-state index contributed by atoms with van der Waals surface area (Å²) in [5.74, 6) is -0.282. The van der Waals surface area contributed by atoms with E-state index in [9.17, 15) is 14.4 Å². The van der Waals surface area contributed by atoms with Gasteiger partial charge in [-0.3, -0.25) is 19.3 Å². The number of carbonyl (C=O) groups is 3. The predicted octanol–water partition coefficient (Wildman–Crippen LogP) is 4.48. The molecule has 0 radical (unpaired) electrons. The quantitative estimate of drug-likeness (QED) is 0.471. The molecule has 4 rings (SSSR count). The third-order valence-corrected chi connectivity index (χ3v) is 6.39. The van der Waals surface area contributed by atoms with Gasteiger partial charge >= 0.3 is 0 Å². The van der Waals surface area contributed by atoms with Crippen molar-refractivity contribution in [3.63, 3.8) is 0 Å². The van der Waals surface area contributed by atoms with E-state index in [1.165, 1.54) is 21.0 Å². The summed E-state index contributed by atoms with van der Waals surface area (Å²) in [6.07, 6.45) is 1.52. The van der Waals surface area contributed by atoms with Crippen molar-refractivity contribution < 1.29 is 18.8 Å². The maximum atomic E-state index is 13.2. The molecule has 1 aliphatic heterocycles. The second kappa shape index (κ2) is 9.80. The highest BCUT2D eigenvalue weighted by Crippen LogP contribution is 2.29. The molecule has 0 aliphatic carbocycles. The first-order valence-electron chi connectivity index (χ1n) is 10.2. The van der Waals surface area contributed by atoms with Crippen LogP contribution in [0.15, 0.2) is 69.8 Å². The summed E-state index contributed by atoms with van der Waals surface area (Å²) >= 11 is 9.56. The summed E-state index contributed by atoms with van der Waals surface area (Å²) in [4.78, 5) is 43.4. The molecule has 3 aromatic rings. The molecule has 1 fully saturated rings. The Morgan fingerprint density at radius 3 is 2.58 bits per heavy atom. The van der Waals surface area contributed by atoms with Gasteiger partial charge in [0.1, 0.15) is 25.5 Å². The van der Waals surface area contributed by atoms with Gasteiger partial charge in [0.2, 0.25) is 11.8 Å². The van der Waals surface area contributed by atoms with E-state index in [0.29, 0.717) is 22.0 Å². The molecule has 3 amide bonds. The molecule has 0 spiro atoms. The first-order valence-corrected chi connectivity index (χ1v) is 11.4. The zero-order chi connectivity index (χ0) is 23.5. The summed E-state index contributed by atoms with van der Waals surface area (Å²) in [6, 6.07) is 15.7. The Morgan fingerprint density at radius 2 is 1.88 bits per heavy atom. The van der Waals surface area contributed by atoms with Gasteiger partial charge in [-0.05, 0) is 61.0 Å². The van der Waals surface area contributed by atoms with Crippen LogP contribution in [0, 0.1) is 6.92 Å². The van der Waals surface area contributed by atoms with Gasteiger partial charge in [0.25, 0.3) is 5.91 Å². The Kier molecular flexibility index (Phi) is 6.85. The lowest BCUT2D eigenvalue weighted by Gasteiger charge is -2.25. The van der Waals surface area contributed by atoms with Gasteiger partial charge in [0, 0.05) is 20.7 Å². The standard InChI is InChI=1S/C24H21BrClN3O4/c1-16-20(26)5-2-6-21(16)29-15-28(14-23(29)31)22(30)13-27(12-19-4-3-11-33-19)24(32)17-7-9-18(25)10-8-17/h2-11H,12-15H2,1H3. The Bertz CT molecular complexity index is 1180. The molecule has 170 valence electrons. The number of furan rings is 1. The van der Waals surface area contributed by atoms with Crippen LogP contribution in [0.1, 0.15) is 21.7 Å². The first-order chi connectivity index (χ1) is 15.8. The minimum atomic E-state index is -0.331. The van der Waals surface area contributed by atoms with Crippen LogP contribution in [-0.2, 0) is 16.1 Å². The lowest BCUT2D eigenvalue weighted by molar-refractivity contribution is -0.132. The van der Waals surface area contributed by atoms with Crippen molar-refractivity contribution >= 4 is 50.9 Å². The zero-order valence-electron chi connectivity index (χ0n) is 17.8. The number of rotatable bonds is 6. The molecule has 0 saturated carbocycles. The number of hydrogen-bond acceptors (Lipinski definition) is 4. The van der Waals surface area contributed by atoms with E-state index in [0.717, 1.165) is 10.0 Å². The van der Waals surface area contributed by atoms with Crippen LogP contribution in [-0.4, -0.2) is 47.3 Å². The first kappa shape index (κ1) is 23.1. The summed E-state index contributed by atoms with van der Waals surface area (Å²) in [5.41, 5.74) is 1.89. The smallest absolute Gasteiger partial charge is 0.254 e. The number of benzene rings is 2. The van der Waals surface area contributed by atoms with Crippen molar-refractivity contribution in [1.82, 2.24) is 9.80 Å². The van der Waals surface area contributed by atoms with Crippen LogP contribution < -0.4 is 4.90 Å². The van der Waals surface area contributed by atoms with Gasteiger partial charge in [-0.25, -0.2) is 0 Å². The van der Waals surface area contributed by atoms with Gasteiger partial charge in [-0.2, -0.15) is 0 Å². The lowest BCUT2D eigenvalue weighted by atomic mass is 10.2. The molecule has 7 nitrogen and oxygen atoms in total. The normalized spacial score (nSPS) is 13.5. The van der Waals surface area contributed by atoms with E-state index >= 15 is 0 Å². The lowest BCUT2D eigenvalue weighted by Crippen LogP contribution is -2.42. The summed E-state index contributed by atoms with van der Waals surface area (Å²) < 4.78 is 6.24. The number of hydrogen-bond donors (Lipinski definition) is 0. The van der Waals surface area contributed by atoms with Crippen molar-refractivity contribution in [1.29, 1.82) is 0 Å². The van der Waals surface area contributed by atoms with E-state index in [-0.39, 0.29) is 44.0 Å². The van der Waals surface area contributed by atoms with Crippen LogP contribution >= 0.6 is 27.5 Å². The number of nitrogens with zero attached hydrogens (tertiary/aromatic N) is 3. The second-order valence-corrected chi connectivity index (χ2v) is 9.01. The van der Waals surface area contributed by atoms with Crippen molar-refractivity contribution in [3.05, 3.63) is 87.2 Å². The van der Waals surface area contributed by atoms with Crippen molar-refractivity contribution in [2.24, 2.45) is 0 Å². The van der Waals surface area contributed by atoms with E-state index in [1.54, 1.807) is 54.6 Å². The van der Waals surface area contributed by atoms with Crippen LogP contribution in [0.4, 0.5) is 5.69 Å². The van der Waals surface area contributed by atoms with Gasteiger partial charge in [0.15, 0.2) is 0 Å². The van der Waals surface area contributed by atoms with E-state index in [1.807, 2.05) is 6.92 Å². The van der Waals surface area contributed by atoms with Gasteiger partial charge in [-0.1, -0.05) is 33.6 Å². The molecule has 1 saturated heterocycles. The predicted molar refractivity (Wildman–Crippen MR) is 128 cm³/mol. The van der Waals surface area contributed by atoms with Crippen LogP contribution in [0.25, 0.3) is 0 Å². The highest BCUT2D eigenvalue weighted by molar-refractivity contribution is 9.10. The summed E-state index contributed by atoms with van der Waals surface area (Å²) in [6.45, 7) is 1.81. The van der Waals surface area contributed by atoms with Crippen molar-refractivity contribution in [3.8, 4) is 0 Å². The zero-order valence-corrected chi connectivity index (χ0v) is 20.2. The van der Waals surface area contributed by atoms with Gasteiger partial charge < -0.3 is 14.2 Å². The fourth-order valence-corrected chi connectivity index (χ4v) is 4.08. The molecule has 2 aromatic carbocycles. The Labute approximate surface area is 204 Å². The van der Waals surface area contributed by atoms with E-state index in [2.05, 4.69) is 15.9 Å². The van der Waals surface area contributed by atoms with E-state index < -0.39 is 0 Å². The Hall–Kier alpha value is -3.10. The number of amides is 3. The average Bonchev–Trinajstić information content (AvgIpc) is 3.45. The van der Waals surface area contributed by atoms with Crippen LogP contribution in [0.5, 0.6) is 0 Å². The Morgan fingerprint density at radius 1 is 1.12 bits per heavy atom. The third-order valence-electron chi connectivity index (χ3n) is 5.45. The summed E-state index contributed by atoms with van der Waals surface area (Å²) in [5, 5.41) is 0.551. The van der Waals surface area contributed by atoms with Crippen molar-refractivity contribution in [2.75, 3.05) is 24.7 Å². The minimum Gasteiger partial charge on any atom is -0.467 e. The monoisotopic (exact) mass is 529 g/mol. The maximum absolute atomic E-state index is 13.2. The highest BCUT2D eigenvalue weighted by atomic mass is 79.9. The van der Waals surface area contributed by atoms with Gasteiger partial charge in [-0.15, -0.1) is 0 Å².